The highest BCUT2D eigenvalue weighted by atomic mass is 15.3. The van der Waals surface area contributed by atoms with Gasteiger partial charge < -0.3 is 9.47 Å². The van der Waals surface area contributed by atoms with Crippen LogP contribution in [-0.4, -0.2) is 71.6 Å². The van der Waals surface area contributed by atoms with E-state index in [2.05, 4.69) is 57.8 Å². The Bertz CT molecular complexity index is 808. The molecule has 0 amide bonds. The number of piperidine rings is 1. The molecule has 3 heterocycles. The van der Waals surface area contributed by atoms with Gasteiger partial charge in [0.25, 0.3) is 0 Å². The summed E-state index contributed by atoms with van der Waals surface area (Å²) in [6.07, 6.45) is 4.64. The van der Waals surface area contributed by atoms with E-state index in [0.717, 1.165) is 31.9 Å². The Morgan fingerprint density at radius 3 is 2.44 bits per heavy atom. The van der Waals surface area contributed by atoms with Gasteiger partial charge in [0.15, 0.2) is 0 Å². The van der Waals surface area contributed by atoms with Crippen LogP contribution in [0.5, 0.6) is 0 Å². The first-order valence-electron chi connectivity index (χ1n) is 9.89. The van der Waals surface area contributed by atoms with E-state index in [0.29, 0.717) is 11.1 Å². The maximum absolute atomic E-state index is 9.02. The van der Waals surface area contributed by atoms with Crippen LogP contribution in [0, 0.1) is 11.3 Å². The lowest BCUT2D eigenvalue weighted by Gasteiger charge is -2.52. The number of hydrogen-bond donors (Lipinski definition) is 0. The molecule has 0 aliphatic carbocycles. The lowest BCUT2D eigenvalue weighted by atomic mass is 9.84. The molecule has 4 rings (SSSR count). The first-order valence-corrected chi connectivity index (χ1v) is 9.89. The summed E-state index contributed by atoms with van der Waals surface area (Å²) in [6.45, 7) is 6.77. The first-order chi connectivity index (χ1) is 13.1. The van der Waals surface area contributed by atoms with Crippen molar-refractivity contribution in [1.29, 1.82) is 5.26 Å². The van der Waals surface area contributed by atoms with E-state index in [9.17, 15) is 0 Å². The SMILES string of the molecule is CN1CCC2(CC1)CN(Cc1cccn1-c1ccc(C#N)cc1)CCN2C. The third-order valence-electron chi connectivity index (χ3n) is 6.49. The van der Waals surface area contributed by atoms with Crippen molar-refractivity contribution in [2.75, 3.05) is 46.8 Å². The van der Waals surface area contributed by atoms with Crippen molar-refractivity contribution in [3.05, 3.63) is 53.9 Å². The number of hydrogen-bond acceptors (Lipinski definition) is 4. The molecule has 0 saturated carbocycles. The molecule has 0 N–H and O–H groups in total. The molecular weight excluding hydrogens is 334 g/mol. The number of nitrogens with zero attached hydrogens (tertiary/aromatic N) is 5. The summed E-state index contributed by atoms with van der Waals surface area (Å²) in [6, 6.07) is 14.4. The standard InChI is InChI=1S/C22H29N5/c1-24-12-9-22(10-13-24)18-26(15-14-25(22)2)17-21-4-3-11-27(21)20-7-5-19(16-23)6-8-20/h3-8,11H,9-10,12-15,17-18H2,1-2H3. The number of benzene rings is 1. The lowest BCUT2D eigenvalue weighted by Crippen LogP contribution is -2.63. The Kier molecular flexibility index (Phi) is 5.05. The monoisotopic (exact) mass is 363 g/mol. The van der Waals surface area contributed by atoms with Crippen LogP contribution in [0.25, 0.3) is 5.69 Å². The van der Waals surface area contributed by atoms with E-state index < -0.39 is 0 Å². The van der Waals surface area contributed by atoms with Gasteiger partial charge in [-0.15, -0.1) is 0 Å². The average molecular weight is 364 g/mol. The Hall–Kier alpha value is -2.13. The summed E-state index contributed by atoms with van der Waals surface area (Å²) in [4.78, 5) is 7.69. The third kappa shape index (κ3) is 3.66. The molecule has 27 heavy (non-hydrogen) atoms. The van der Waals surface area contributed by atoms with Crippen LogP contribution >= 0.6 is 0 Å². The molecule has 2 aromatic rings. The minimum absolute atomic E-state index is 0.330. The van der Waals surface area contributed by atoms with Gasteiger partial charge in [-0.2, -0.15) is 5.26 Å². The molecule has 2 saturated heterocycles. The third-order valence-corrected chi connectivity index (χ3v) is 6.49. The molecule has 1 aromatic carbocycles. The van der Waals surface area contributed by atoms with E-state index in [1.165, 1.54) is 31.6 Å². The van der Waals surface area contributed by atoms with Crippen LogP contribution in [0.1, 0.15) is 24.1 Å². The molecule has 2 aliphatic rings. The van der Waals surface area contributed by atoms with Gasteiger partial charge in [-0.05, 0) is 76.4 Å². The molecule has 2 aliphatic heterocycles. The zero-order valence-corrected chi connectivity index (χ0v) is 16.4. The quantitative estimate of drug-likeness (QED) is 0.840. The highest BCUT2D eigenvalue weighted by molar-refractivity contribution is 5.41. The van der Waals surface area contributed by atoms with Gasteiger partial charge >= 0.3 is 0 Å². The summed E-state index contributed by atoms with van der Waals surface area (Å²) in [5, 5.41) is 9.02. The number of piperazine rings is 1. The lowest BCUT2D eigenvalue weighted by molar-refractivity contribution is -0.0262. The van der Waals surface area contributed by atoms with Gasteiger partial charge in [0.05, 0.1) is 11.6 Å². The molecule has 0 bridgehead atoms. The largest absolute Gasteiger partial charge is 0.320 e. The molecule has 5 nitrogen and oxygen atoms in total. The maximum atomic E-state index is 9.02. The number of aromatic nitrogens is 1. The second-order valence-corrected chi connectivity index (χ2v) is 8.19. The first kappa shape index (κ1) is 18.2. The Morgan fingerprint density at radius 1 is 1.00 bits per heavy atom. The predicted molar refractivity (Wildman–Crippen MR) is 108 cm³/mol. The maximum Gasteiger partial charge on any atom is 0.0991 e. The zero-order valence-electron chi connectivity index (χ0n) is 16.4. The Balaban J connectivity index is 1.50. The fraction of sp³-hybridized carbons (Fsp3) is 0.500. The number of rotatable bonds is 3. The number of nitriles is 1. The van der Waals surface area contributed by atoms with Crippen molar-refractivity contribution in [1.82, 2.24) is 19.3 Å². The van der Waals surface area contributed by atoms with Crippen LogP contribution in [0.2, 0.25) is 0 Å². The fourth-order valence-electron chi connectivity index (χ4n) is 4.58. The predicted octanol–water partition coefficient (Wildman–Crippen LogP) is 2.56. The second-order valence-electron chi connectivity index (χ2n) is 8.19. The van der Waals surface area contributed by atoms with Crippen molar-refractivity contribution in [3.8, 4) is 11.8 Å². The van der Waals surface area contributed by atoms with Crippen molar-refractivity contribution in [3.63, 3.8) is 0 Å². The van der Waals surface area contributed by atoms with Gasteiger partial charge in [-0.1, -0.05) is 0 Å². The van der Waals surface area contributed by atoms with E-state index >= 15 is 0 Å². The summed E-state index contributed by atoms with van der Waals surface area (Å²) < 4.78 is 2.25. The van der Waals surface area contributed by atoms with E-state index in [-0.39, 0.29) is 0 Å². The zero-order chi connectivity index (χ0) is 18.9. The van der Waals surface area contributed by atoms with E-state index in [1.807, 2.05) is 24.3 Å². The fourth-order valence-corrected chi connectivity index (χ4v) is 4.58. The van der Waals surface area contributed by atoms with Crippen molar-refractivity contribution < 1.29 is 0 Å². The topological polar surface area (TPSA) is 38.4 Å². The summed E-state index contributed by atoms with van der Waals surface area (Å²) in [7, 11) is 4.54. The molecule has 0 unspecified atom stereocenters. The second kappa shape index (κ2) is 7.47. The average Bonchev–Trinajstić information content (AvgIpc) is 3.15. The minimum atomic E-state index is 0.330. The van der Waals surface area contributed by atoms with Crippen molar-refractivity contribution in [2.24, 2.45) is 0 Å². The van der Waals surface area contributed by atoms with Gasteiger partial charge in [0, 0.05) is 49.3 Å². The Labute approximate surface area is 162 Å². The number of likely N-dealkylation sites (N-methyl/N-ethyl adjacent to an activating group) is 1. The van der Waals surface area contributed by atoms with Crippen molar-refractivity contribution >= 4 is 0 Å². The smallest absolute Gasteiger partial charge is 0.0991 e. The molecule has 2 fully saturated rings. The van der Waals surface area contributed by atoms with E-state index in [1.54, 1.807) is 0 Å². The highest BCUT2D eigenvalue weighted by Crippen LogP contribution is 2.32. The molecule has 1 spiro atoms. The minimum Gasteiger partial charge on any atom is -0.320 e. The van der Waals surface area contributed by atoms with Crippen LogP contribution in [-0.2, 0) is 6.54 Å². The molecule has 142 valence electrons. The Morgan fingerprint density at radius 2 is 1.74 bits per heavy atom. The normalized spacial score (nSPS) is 21.4. The number of likely N-dealkylation sites (tertiary alicyclic amines) is 1. The van der Waals surface area contributed by atoms with Crippen LogP contribution in [0.3, 0.4) is 0 Å². The van der Waals surface area contributed by atoms with Crippen LogP contribution < -0.4 is 0 Å². The summed E-state index contributed by atoms with van der Waals surface area (Å²) in [5.74, 6) is 0. The molecule has 1 aromatic heterocycles. The van der Waals surface area contributed by atoms with Gasteiger partial charge in [-0.3, -0.25) is 9.80 Å². The van der Waals surface area contributed by atoms with Gasteiger partial charge in [-0.25, -0.2) is 0 Å². The van der Waals surface area contributed by atoms with Crippen molar-refractivity contribution in [2.45, 2.75) is 24.9 Å². The molecule has 0 radical (unpaired) electrons. The summed E-state index contributed by atoms with van der Waals surface area (Å²) in [5.41, 5.74) is 3.47. The van der Waals surface area contributed by atoms with Crippen LogP contribution in [0.4, 0.5) is 0 Å². The highest BCUT2D eigenvalue weighted by Gasteiger charge is 2.41. The van der Waals surface area contributed by atoms with E-state index in [4.69, 9.17) is 5.26 Å². The van der Waals surface area contributed by atoms with Gasteiger partial charge in [0.1, 0.15) is 0 Å². The summed E-state index contributed by atoms with van der Waals surface area (Å²) >= 11 is 0. The molecule has 5 heteroatoms. The molecule has 0 atom stereocenters. The van der Waals surface area contributed by atoms with Gasteiger partial charge in [0.2, 0.25) is 0 Å². The molecular formula is C22H29N5. The van der Waals surface area contributed by atoms with Crippen LogP contribution in [0.15, 0.2) is 42.6 Å².